The van der Waals surface area contributed by atoms with Crippen LogP contribution in [0.15, 0.2) is 24.3 Å². The summed E-state index contributed by atoms with van der Waals surface area (Å²) < 4.78 is 0. The molecule has 0 nitrogen and oxygen atoms in total. The number of hydrogen-bond donors (Lipinski definition) is 0. The standard InChI is InChI=1S/C33H61Cl2P/c1-4-7-8-9-10-11-12-13-14-15-16-17-18-19-20-21-22-23-24-27-30-36(5-2,6-3)33(35)31-28-25-26-29-32(31)34/h25-26,28-29,33,36H,4-24,27,30H2,1-3H3. The Morgan fingerprint density at radius 1 is 0.556 bits per heavy atom. The first-order chi connectivity index (χ1) is 17.6. The van der Waals surface area contributed by atoms with Gasteiger partial charge in [0.15, 0.2) is 0 Å². The summed E-state index contributed by atoms with van der Waals surface area (Å²) in [4.78, 5) is 0. The van der Waals surface area contributed by atoms with Gasteiger partial charge in [-0.3, -0.25) is 0 Å². The van der Waals surface area contributed by atoms with Crippen molar-refractivity contribution in [1.29, 1.82) is 0 Å². The Bertz CT molecular complexity index is 613. The summed E-state index contributed by atoms with van der Waals surface area (Å²) in [5, 5.41) is 0.987. The van der Waals surface area contributed by atoms with Crippen LogP contribution in [0.1, 0.15) is 160 Å². The van der Waals surface area contributed by atoms with Gasteiger partial charge in [-0.05, 0) is 0 Å². The van der Waals surface area contributed by atoms with Gasteiger partial charge in [-0.2, -0.15) is 0 Å². The van der Waals surface area contributed by atoms with Crippen LogP contribution in [-0.2, 0) is 0 Å². The molecular weight excluding hydrogens is 498 g/mol. The maximum atomic E-state index is 7.10. The Hall–Kier alpha value is 0.230. The first kappa shape index (κ1) is 34.3. The molecule has 0 aliphatic carbocycles. The first-order valence-corrected chi connectivity index (χ1v) is 19.5. The molecule has 1 aromatic rings. The number of unbranched alkanes of at least 4 members (excludes halogenated alkanes) is 19. The van der Waals surface area contributed by atoms with Crippen LogP contribution in [0, 0.1) is 0 Å². The van der Waals surface area contributed by atoms with E-state index in [4.69, 9.17) is 23.2 Å². The van der Waals surface area contributed by atoms with Crippen molar-refractivity contribution < 1.29 is 0 Å². The molecule has 0 saturated carbocycles. The van der Waals surface area contributed by atoms with E-state index < -0.39 is 7.26 Å². The van der Waals surface area contributed by atoms with Crippen LogP contribution in [0.5, 0.6) is 0 Å². The molecule has 212 valence electrons. The Balaban J connectivity index is 1.97. The predicted molar refractivity (Wildman–Crippen MR) is 172 cm³/mol. The third kappa shape index (κ3) is 15.0. The molecule has 0 amide bonds. The van der Waals surface area contributed by atoms with Crippen LogP contribution in [0.3, 0.4) is 0 Å². The molecule has 0 aliphatic heterocycles. The van der Waals surface area contributed by atoms with Crippen LogP contribution in [0.25, 0.3) is 0 Å². The number of alkyl halides is 1. The topological polar surface area (TPSA) is 0 Å². The van der Waals surface area contributed by atoms with E-state index in [-0.39, 0.29) is 5.12 Å². The van der Waals surface area contributed by atoms with E-state index in [0.29, 0.717) is 0 Å². The normalized spacial score (nSPS) is 13.2. The molecule has 0 N–H and O–H groups in total. The van der Waals surface area contributed by atoms with E-state index in [1.54, 1.807) is 0 Å². The van der Waals surface area contributed by atoms with Crippen molar-refractivity contribution in [3.63, 3.8) is 0 Å². The van der Waals surface area contributed by atoms with Gasteiger partial charge in [-0.25, -0.2) is 0 Å². The summed E-state index contributed by atoms with van der Waals surface area (Å²) in [6.45, 7) is 7.02. The molecule has 1 rings (SSSR count). The van der Waals surface area contributed by atoms with Crippen LogP contribution in [0.2, 0.25) is 5.02 Å². The fourth-order valence-electron chi connectivity index (χ4n) is 5.83. The van der Waals surface area contributed by atoms with Crippen LogP contribution >= 0.6 is 30.5 Å². The molecule has 0 heterocycles. The molecule has 0 aliphatic rings. The molecule has 0 aromatic heterocycles. The van der Waals surface area contributed by atoms with Gasteiger partial charge >= 0.3 is 173 Å². The second-order valence-corrected chi connectivity index (χ2v) is 17.8. The van der Waals surface area contributed by atoms with Gasteiger partial charge in [0.05, 0.1) is 0 Å². The number of hydrogen-bond acceptors (Lipinski definition) is 0. The number of rotatable bonds is 25. The van der Waals surface area contributed by atoms with E-state index in [1.165, 1.54) is 152 Å². The summed E-state index contributed by atoms with van der Waals surface area (Å²) in [6, 6.07) is 8.23. The summed E-state index contributed by atoms with van der Waals surface area (Å²) in [5.74, 6) is 0. The molecule has 0 bridgehead atoms. The minimum atomic E-state index is -1.55. The number of benzene rings is 1. The van der Waals surface area contributed by atoms with Crippen LogP contribution in [-0.4, -0.2) is 18.5 Å². The molecule has 1 aromatic carbocycles. The fraction of sp³-hybridized carbons (Fsp3) is 0.818. The Morgan fingerprint density at radius 2 is 0.917 bits per heavy atom. The summed E-state index contributed by atoms with van der Waals surface area (Å²) in [6.07, 6.45) is 32.6. The second-order valence-electron chi connectivity index (χ2n) is 11.4. The van der Waals surface area contributed by atoms with Gasteiger partial charge in [0.1, 0.15) is 0 Å². The zero-order chi connectivity index (χ0) is 26.3. The van der Waals surface area contributed by atoms with Crippen molar-refractivity contribution >= 4 is 30.5 Å². The molecule has 0 fully saturated rings. The molecule has 1 unspecified atom stereocenters. The zero-order valence-corrected chi connectivity index (χ0v) is 26.9. The van der Waals surface area contributed by atoms with E-state index in [9.17, 15) is 0 Å². The molecule has 3 heteroatoms. The van der Waals surface area contributed by atoms with Gasteiger partial charge in [-0.15, -0.1) is 0 Å². The van der Waals surface area contributed by atoms with Crippen LogP contribution < -0.4 is 0 Å². The van der Waals surface area contributed by atoms with Gasteiger partial charge in [0.25, 0.3) is 0 Å². The van der Waals surface area contributed by atoms with Crippen molar-refractivity contribution in [3.05, 3.63) is 34.9 Å². The van der Waals surface area contributed by atoms with Crippen molar-refractivity contribution in [1.82, 2.24) is 0 Å². The number of halogens is 2. The average Bonchev–Trinajstić information content (AvgIpc) is 2.90. The van der Waals surface area contributed by atoms with E-state index in [2.05, 4.69) is 32.9 Å². The molecule has 36 heavy (non-hydrogen) atoms. The maximum absolute atomic E-state index is 7.10. The summed E-state index contributed by atoms with van der Waals surface area (Å²) in [7, 11) is -1.55. The minimum absolute atomic E-state index is 0.140. The van der Waals surface area contributed by atoms with E-state index >= 15 is 0 Å². The van der Waals surface area contributed by atoms with Crippen molar-refractivity contribution in [2.45, 2.75) is 154 Å². The third-order valence-electron chi connectivity index (χ3n) is 8.65. The summed E-state index contributed by atoms with van der Waals surface area (Å²) in [5.41, 5.74) is 1.17. The predicted octanol–water partition coefficient (Wildman–Crippen LogP) is 13.2. The van der Waals surface area contributed by atoms with Crippen molar-refractivity contribution in [2.75, 3.05) is 18.5 Å². The Morgan fingerprint density at radius 3 is 1.28 bits per heavy atom. The average molecular weight is 560 g/mol. The molecule has 0 spiro atoms. The van der Waals surface area contributed by atoms with Crippen LogP contribution in [0.4, 0.5) is 0 Å². The van der Waals surface area contributed by atoms with Gasteiger partial charge < -0.3 is 0 Å². The van der Waals surface area contributed by atoms with Crippen molar-refractivity contribution in [2.24, 2.45) is 0 Å². The zero-order valence-electron chi connectivity index (χ0n) is 24.4. The SMILES string of the molecule is CCCCCCCCCCCCCCCCCCCCCC[PH](CC)(CC)C(Cl)c1ccccc1Cl. The van der Waals surface area contributed by atoms with Gasteiger partial charge in [0.2, 0.25) is 0 Å². The fourth-order valence-corrected chi connectivity index (χ4v) is 11.7. The third-order valence-corrected chi connectivity index (χ3v) is 16.2. The molecule has 1 atom stereocenters. The Kier molecular flexibility index (Phi) is 22.0. The van der Waals surface area contributed by atoms with E-state index in [0.717, 1.165) is 5.02 Å². The van der Waals surface area contributed by atoms with Gasteiger partial charge in [0, 0.05) is 0 Å². The van der Waals surface area contributed by atoms with Gasteiger partial charge in [-0.1, -0.05) is 64.7 Å². The Labute approximate surface area is 237 Å². The molecule has 0 saturated heterocycles. The van der Waals surface area contributed by atoms with E-state index in [1.807, 2.05) is 12.1 Å². The first-order valence-electron chi connectivity index (χ1n) is 16.0. The summed E-state index contributed by atoms with van der Waals surface area (Å²) >= 11 is 13.6. The second kappa shape index (κ2) is 23.1. The monoisotopic (exact) mass is 558 g/mol. The molecular formula is C33H61Cl2P. The molecule has 0 radical (unpaired) electrons. The quantitative estimate of drug-likeness (QED) is 0.0635. The van der Waals surface area contributed by atoms with Crippen molar-refractivity contribution in [3.8, 4) is 0 Å².